The number of benzene rings is 1. The predicted molar refractivity (Wildman–Crippen MR) is 80.3 cm³/mol. The van der Waals surface area contributed by atoms with Crippen LogP contribution in [0.2, 0.25) is 0 Å². The summed E-state index contributed by atoms with van der Waals surface area (Å²) in [5.41, 5.74) is 0.904. The molecule has 0 saturated carbocycles. The van der Waals surface area contributed by atoms with E-state index in [0.717, 1.165) is 12.1 Å². The van der Waals surface area contributed by atoms with Crippen molar-refractivity contribution in [3.05, 3.63) is 29.8 Å². The number of carbonyl (C=O) groups is 1. The van der Waals surface area contributed by atoms with Crippen molar-refractivity contribution in [1.29, 1.82) is 0 Å². The summed E-state index contributed by atoms with van der Waals surface area (Å²) in [7, 11) is 0. The van der Waals surface area contributed by atoms with Gasteiger partial charge in [0, 0.05) is 5.69 Å². The van der Waals surface area contributed by atoms with Crippen LogP contribution in [0, 0.1) is 0 Å². The van der Waals surface area contributed by atoms with Gasteiger partial charge >= 0.3 is 6.09 Å². The minimum Gasteiger partial charge on any atom is -0.444 e. The van der Waals surface area contributed by atoms with Crippen molar-refractivity contribution in [2.75, 3.05) is 18.4 Å². The van der Waals surface area contributed by atoms with E-state index in [2.05, 4.69) is 11.4 Å². The van der Waals surface area contributed by atoms with Gasteiger partial charge in [-0.1, -0.05) is 18.2 Å². The number of carbonyl (C=O) groups excluding carboxylic acids is 1. The average molecular weight is 290 g/mol. The first-order valence-electron chi connectivity index (χ1n) is 7.32. The Morgan fingerprint density at radius 1 is 1.38 bits per heavy atom. The summed E-state index contributed by atoms with van der Waals surface area (Å²) in [6.45, 7) is 6.14. The molecule has 114 valence electrons. The van der Waals surface area contributed by atoms with Gasteiger partial charge in [0.15, 0.2) is 0 Å². The van der Waals surface area contributed by atoms with Crippen molar-refractivity contribution < 1.29 is 14.6 Å². The minimum absolute atomic E-state index is 0.0476. The Hall–Kier alpha value is -1.75. The van der Waals surface area contributed by atoms with Crippen LogP contribution in [0.3, 0.4) is 0 Å². The largest absolute Gasteiger partial charge is 0.444 e. The van der Waals surface area contributed by atoms with Crippen LogP contribution in [0.15, 0.2) is 24.3 Å². The zero-order valence-corrected chi connectivity index (χ0v) is 12.7. The molecule has 0 aliphatic carbocycles. The van der Waals surface area contributed by atoms with Gasteiger partial charge in [-0.05, 0) is 38.8 Å². The van der Waals surface area contributed by atoms with E-state index in [9.17, 15) is 9.90 Å². The van der Waals surface area contributed by atoms with Crippen molar-refractivity contribution >= 4 is 11.8 Å². The third-order valence-corrected chi connectivity index (χ3v) is 4.00. The quantitative estimate of drug-likeness (QED) is 0.830. The van der Waals surface area contributed by atoms with Crippen LogP contribution in [0.4, 0.5) is 10.5 Å². The highest BCUT2D eigenvalue weighted by Crippen LogP contribution is 2.35. The van der Waals surface area contributed by atoms with E-state index < -0.39 is 11.2 Å². The molecule has 2 heterocycles. The van der Waals surface area contributed by atoms with Crippen LogP contribution in [0.25, 0.3) is 0 Å². The molecule has 1 fully saturated rings. The molecule has 2 aliphatic rings. The molecule has 1 aromatic rings. The summed E-state index contributed by atoms with van der Waals surface area (Å²) in [6, 6.07) is 8.01. The van der Waals surface area contributed by atoms with Crippen molar-refractivity contribution in [1.82, 2.24) is 4.90 Å². The Morgan fingerprint density at radius 2 is 2.05 bits per heavy atom. The number of amides is 1. The van der Waals surface area contributed by atoms with Gasteiger partial charge in [0.25, 0.3) is 0 Å². The SMILES string of the molecule is CC(C)(C)OC(=O)N1CC(O)(C2Cc3ccccc3N2)C1. The summed E-state index contributed by atoms with van der Waals surface area (Å²) in [4.78, 5) is 13.5. The van der Waals surface area contributed by atoms with Gasteiger partial charge < -0.3 is 20.1 Å². The normalized spacial score (nSPS) is 23.0. The lowest BCUT2D eigenvalue weighted by Crippen LogP contribution is -2.70. The lowest BCUT2D eigenvalue weighted by molar-refractivity contribution is -0.107. The molecule has 0 bridgehead atoms. The molecular weight excluding hydrogens is 268 g/mol. The van der Waals surface area contributed by atoms with Crippen LogP contribution < -0.4 is 5.32 Å². The molecule has 1 saturated heterocycles. The maximum atomic E-state index is 11.9. The molecule has 0 aromatic heterocycles. The van der Waals surface area contributed by atoms with Gasteiger partial charge in [-0.15, -0.1) is 0 Å². The molecule has 2 aliphatic heterocycles. The Kier molecular flexibility index (Phi) is 3.13. The first kappa shape index (κ1) is 14.2. The molecule has 1 unspecified atom stereocenters. The van der Waals surface area contributed by atoms with E-state index >= 15 is 0 Å². The van der Waals surface area contributed by atoms with Gasteiger partial charge in [0.2, 0.25) is 0 Å². The number of ether oxygens (including phenoxy) is 1. The lowest BCUT2D eigenvalue weighted by Gasteiger charge is -2.49. The smallest absolute Gasteiger partial charge is 0.410 e. The minimum atomic E-state index is -0.879. The van der Waals surface area contributed by atoms with Crippen molar-refractivity contribution in [2.24, 2.45) is 0 Å². The summed E-state index contributed by atoms with van der Waals surface area (Å²) < 4.78 is 5.31. The van der Waals surface area contributed by atoms with Crippen LogP contribution in [-0.4, -0.2) is 46.4 Å². The Morgan fingerprint density at radius 3 is 2.67 bits per heavy atom. The number of likely N-dealkylation sites (tertiary alicyclic amines) is 1. The van der Waals surface area contributed by atoms with Crippen LogP contribution >= 0.6 is 0 Å². The first-order chi connectivity index (χ1) is 9.77. The maximum Gasteiger partial charge on any atom is 0.410 e. The van der Waals surface area contributed by atoms with E-state index in [0.29, 0.717) is 13.1 Å². The molecular formula is C16H22N2O3. The number of nitrogens with one attached hydrogen (secondary N) is 1. The van der Waals surface area contributed by atoms with E-state index in [1.54, 1.807) is 4.90 Å². The number of nitrogens with zero attached hydrogens (tertiary/aromatic N) is 1. The molecule has 21 heavy (non-hydrogen) atoms. The fraction of sp³-hybridized carbons (Fsp3) is 0.562. The third-order valence-electron chi connectivity index (χ3n) is 4.00. The fourth-order valence-electron chi connectivity index (χ4n) is 2.91. The highest BCUT2D eigenvalue weighted by atomic mass is 16.6. The number of hydrogen-bond acceptors (Lipinski definition) is 4. The van der Waals surface area contributed by atoms with Crippen molar-refractivity contribution in [3.8, 4) is 0 Å². The number of anilines is 1. The summed E-state index contributed by atoms with van der Waals surface area (Å²) in [5.74, 6) is 0. The zero-order valence-electron chi connectivity index (χ0n) is 12.7. The number of aliphatic hydroxyl groups is 1. The first-order valence-corrected chi connectivity index (χ1v) is 7.32. The molecule has 3 rings (SSSR count). The number of rotatable bonds is 1. The zero-order chi connectivity index (χ0) is 15.3. The van der Waals surface area contributed by atoms with E-state index in [-0.39, 0.29) is 12.1 Å². The van der Waals surface area contributed by atoms with Crippen molar-refractivity contribution in [3.63, 3.8) is 0 Å². The molecule has 5 heteroatoms. The second-order valence-electron chi connectivity index (χ2n) is 7.00. The summed E-state index contributed by atoms with van der Waals surface area (Å²) >= 11 is 0. The third kappa shape index (κ3) is 2.70. The highest BCUT2D eigenvalue weighted by molar-refractivity contribution is 5.70. The Bertz CT molecular complexity index is 534. The van der Waals surface area contributed by atoms with Crippen molar-refractivity contribution in [2.45, 2.75) is 44.4 Å². The molecule has 1 aromatic carbocycles. The molecule has 2 N–H and O–H groups in total. The molecule has 0 spiro atoms. The van der Waals surface area contributed by atoms with E-state index in [1.807, 2.05) is 39.0 Å². The number of para-hydroxylation sites is 1. The monoisotopic (exact) mass is 290 g/mol. The molecule has 1 atom stereocenters. The fourth-order valence-corrected chi connectivity index (χ4v) is 2.91. The summed E-state index contributed by atoms with van der Waals surface area (Å²) in [6.07, 6.45) is 0.428. The Labute approximate surface area is 124 Å². The van der Waals surface area contributed by atoms with Crippen LogP contribution in [0.5, 0.6) is 0 Å². The van der Waals surface area contributed by atoms with Gasteiger partial charge in [0.05, 0.1) is 19.1 Å². The number of hydrogen-bond donors (Lipinski definition) is 2. The van der Waals surface area contributed by atoms with Gasteiger partial charge in [-0.25, -0.2) is 4.79 Å². The molecule has 0 radical (unpaired) electrons. The van der Waals surface area contributed by atoms with E-state index in [4.69, 9.17) is 4.74 Å². The second kappa shape index (κ2) is 4.63. The second-order valence-corrected chi connectivity index (χ2v) is 7.00. The number of β-amino-alcohol motifs (C(OH)–C–C–N with tert-alkyl or cyclic N) is 1. The molecule has 5 nitrogen and oxygen atoms in total. The van der Waals surface area contributed by atoms with Gasteiger partial charge in [0.1, 0.15) is 11.2 Å². The number of fused-ring (bicyclic) bond motifs is 1. The topological polar surface area (TPSA) is 61.8 Å². The highest BCUT2D eigenvalue weighted by Gasteiger charge is 2.51. The molecule has 1 amide bonds. The summed E-state index contributed by atoms with van der Waals surface area (Å²) in [5, 5.41) is 14.0. The van der Waals surface area contributed by atoms with E-state index in [1.165, 1.54) is 5.56 Å². The van der Waals surface area contributed by atoms with Gasteiger partial charge in [-0.3, -0.25) is 0 Å². The lowest BCUT2D eigenvalue weighted by atomic mass is 9.85. The van der Waals surface area contributed by atoms with Gasteiger partial charge in [-0.2, -0.15) is 0 Å². The van der Waals surface area contributed by atoms with Crippen LogP contribution in [0.1, 0.15) is 26.3 Å². The van der Waals surface area contributed by atoms with Crippen LogP contribution in [-0.2, 0) is 11.2 Å². The predicted octanol–water partition coefficient (Wildman–Crippen LogP) is 2.00. The maximum absolute atomic E-state index is 11.9. The average Bonchev–Trinajstić information content (AvgIpc) is 2.76. The standard InChI is InChI=1S/C16H22N2O3/c1-15(2,3)21-14(19)18-9-16(20,10-18)13-8-11-6-4-5-7-12(11)17-13/h4-7,13,17,20H,8-10H2,1-3H3. The Balaban J connectivity index is 1.59.